The Morgan fingerprint density at radius 3 is 2.75 bits per heavy atom. The summed E-state index contributed by atoms with van der Waals surface area (Å²) in [6, 6.07) is 7.50. The van der Waals surface area contributed by atoms with Crippen molar-refractivity contribution in [3.8, 4) is 0 Å². The largest absolute Gasteiger partial charge is 0.371 e. The maximum Gasteiger partial charge on any atom is 0.129 e. The minimum Gasteiger partial charge on any atom is -0.371 e. The van der Waals surface area contributed by atoms with Crippen LogP contribution in [0.3, 0.4) is 0 Å². The summed E-state index contributed by atoms with van der Waals surface area (Å²) in [5.41, 5.74) is 3.11. The number of hydrogen-bond acceptors (Lipinski definition) is 3. The van der Waals surface area contributed by atoms with Gasteiger partial charge in [0.05, 0.1) is 0 Å². The topological polar surface area (TPSA) is 15.3 Å². The molecule has 106 valence electrons. The average Bonchev–Trinajstić information content (AvgIpc) is 3.12. The first kappa shape index (κ1) is 13.6. The van der Waals surface area contributed by atoms with Crippen LogP contribution in [0.25, 0.3) is 0 Å². The second-order valence-corrected chi connectivity index (χ2v) is 5.95. The lowest BCUT2D eigenvalue weighted by molar-refractivity contribution is 0.587. The number of rotatable bonds is 5. The van der Waals surface area contributed by atoms with E-state index in [1.807, 2.05) is 12.1 Å². The van der Waals surface area contributed by atoms with Gasteiger partial charge in [-0.25, -0.2) is 4.39 Å². The molecule has 0 bridgehead atoms. The lowest BCUT2D eigenvalue weighted by Gasteiger charge is -2.22. The van der Waals surface area contributed by atoms with Crippen molar-refractivity contribution in [2.75, 3.05) is 18.0 Å². The van der Waals surface area contributed by atoms with Crippen LogP contribution in [0.15, 0.2) is 35.0 Å². The number of halogens is 1. The van der Waals surface area contributed by atoms with Gasteiger partial charge in [-0.3, -0.25) is 0 Å². The molecule has 0 saturated carbocycles. The molecular weight excluding hydrogens is 271 g/mol. The highest BCUT2D eigenvalue weighted by Gasteiger charge is 2.17. The van der Waals surface area contributed by atoms with Crippen molar-refractivity contribution < 1.29 is 4.39 Å². The van der Waals surface area contributed by atoms with Gasteiger partial charge >= 0.3 is 0 Å². The predicted molar refractivity (Wildman–Crippen MR) is 82.7 cm³/mol. The molecule has 2 heterocycles. The van der Waals surface area contributed by atoms with Crippen LogP contribution in [-0.2, 0) is 13.1 Å². The summed E-state index contributed by atoms with van der Waals surface area (Å²) in [5, 5.41) is 7.53. The van der Waals surface area contributed by atoms with E-state index in [1.165, 1.54) is 18.4 Å². The van der Waals surface area contributed by atoms with Crippen molar-refractivity contribution >= 4 is 17.0 Å². The quantitative estimate of drug-likeness (QED) is 0.901. The Labute approximate surface area is 123 Å². The van der Waals surface area contributed by atoms with E-state index in [4.69, 9.17) is 0 Å². The normalized spacial score (nSPS) is 14.9. The molecule has 1 saturated heterocycles. The van der Waals surface area contributed by atoms with Crippen molar-refractivity contribution in [1.29, 1.82) is 0 Å². The summed E-state index contributed by atoms with van der Waals surface area (Å²) in [5.74, 6) is -0.104. The Kier molecular flexibility index (Phi) is 4.33. The maximum atomic E-state index is 14.1. The summed E-state index contributed by atoms with van der Waals surface area (Å²) in [4.78, 5) is 2.30. The van der Waals surface area contributed by atoms with Gasteiger partial charge in [0, 0.05) is 37.4 Å². The van der Waals surface area contributed by atoms with Gasteiger partial charge in [-0.15, -0.1) is 0 Å². The van der Waals surface area contributed by atoms with Crippen LogP contribution in [0.2, 0.25) is 0 Å². The molecule has 0 radical (unpaired) electrons. The molecule has 0 amide bonds. The molecule has 0 atom stereocenters. The molecule has 3 rings (SSSR count). The Morgan fingerprint density at radius 1 is 1.15 bits per heavy atom. The van der Waals surface area contributed by atoms with Crippen LogP contribution < -0.4 is 10.2 Å². The minimum atomic E-state index is -0.104. The van der Waals surface area contributed by atoms with Crippen LogP contribution in [0.5, 0.6) is 0 Å². The molecular formula is C16H19FN2S. The van der Waals surface area contributed by atoms with Gasteiger partial charge in [0.1, 0.15) is 5.82 Å². The highest BCUT2D eigenvalue weighted by Crippen LogP contribution is 2.26. The van der Waals surface area contributed by atoms with Crippen molar-refractivity contribution in [2.45, 2.75) is 25.9 Å². The molecule has 1 fully saturated rings. The third-order valence-corrected chi connectivity index (χ3v) is 4.48. The van der Waals surface area contributed by atoms with Crippen molar-refractivity contribution in [3.05, 3.63) is 52.0 Å². The molecule has 1 aromatic heterocycles. The molecule has 1 aromatic carbocycles. The fourth-order valence-corrected chi connectivity index (χ4v) is 3.37. The zero-order chi connectivity index (χ0) is 13.8. The lowest BCUT2D eigenvalue weighted by atomic mass is 10.1. The van der Waals surface area contributed by atoms with E-state index >= 15 is 0 Å². The summed E-state index contributed by atoms with van der Waals surface area (Å²) in [6.45, 7) is 3.45. The van der Waals surface area contributed by atoms with Gasteiger partial charge in [0.15, 0.2) is 0 Å². The number of anilines is 1. The predicted octanol–water partition coefficient (Wildman–Crippen LogP) is 3.78. The Bertz CT molecular complexity index is 548. The number of benzene rings is 1. The van der Waals surface area contributed by atoms with Gasteiger partial charge in [-0.05, 0) is 47.4 Å². The van der Waals surface area contributed by atoms with Crippen LogP contribution in [0.4, 0.5) is 10.1 Å². The standard InChI is InChI=1S/C16H19FN2S/c17-15-4-3-5-16(19-7-1-2-8-19)14(15)11-18-10-13-6-9-20-12-13/h3-6,9,12,18H,1-2,7-8,10-11H2. The Balaban J connectivity index is 1.70. The van der Waals surface area contributed by atoms with E-state index in [2.05, 4.69) is 27.0 Å². The molecule has 2 nitrogen and oxygen atoms in total. The van der Waals surface area contributed by atoms with E-state index < -0.39 is 0 Å². The molecule has 0 unspecified atom stereocenters. The molecule has 0 spiro atoms. The zero-order valence-electron chi connectivity index (χ0n) is 11.4. The van der Waals surface area contributed by atoms with Gasteiger partial charge in [0.25, 0.3) is 0 Å². The SMILES string of the molecule is Fc1cccc(N2CCCC2)c1CNCc1ccsc1. The molecule has 1 aliphatic rings. The third-order valence-electron chi connectivity index (χ3n) is 3.75. The third kappa shape index (κ3) is 3.02. The van der Waals surface area contributed by atoms with Crippen molar-refractivity contribution in [2.24, 2.45) is 0 Å². The van der Waals surface area contributed by atoms with Crippen LogP contribution in [0.1, 0.15) is 24.0 Å². The summed E-state index contributed by atoms with van der Waals surface area (Å²) >= 11 is 1.69. The highest BCUT2D eigenvalue weighted by atomic mass is 32.1. The average molecular weight is 290 g/mol. The first-order chi connectivity index (χ1) is 9.84. The fraction of sp³-hybridized carbons (Fsp3) is 0.375. The van der Waals surface area contributed by atoms with Gasteiger partial charge in [-0.1, -0.05) is 6.07 Å². The Hall–Kier alpha value is -1.39. The molecule has 20 heavy (non-hydrogen) atoms. The summed E-state index contributed by atoms with van der Waals surface area (Å²) in [6.07, 6.45) is 2.41. The van der Waals surface area contributed by atoms with E-state index in [0.717, 1.165) is 30.9 Å². The van der Waals surface area contributed by atoms with Crippen LogP contribution >= 0.6 is 11.3 Å². The van der Waals surface area contributed by atoms with Gasteiger partial charge in [0.2, 0.25) is 0 Å². The fourth-order valence-electron chi connectivity index (χ4n) is 2.70. The summed E-state index contributed by atoms with van der Waals surface area (Å²) in [7, 11) is 0. The second kappa shape index (κ2) is 6.37. The molecule has 1 N–H and O–H groups in total. The maximum absolute atomic E-state index is 14.1. The van der Waals surface area contributed by atoms with E-state index in [1.54, 1.807) is 17.4 Å². The van der Waals surface area contributed by atoms with Crippen molar-refractivity contribution in [1.82, 2.24) is 5.32 Å². The molecule has 2 aromatic rings. The first-order valence-corrected chi connectivity index (χ1v) is 8.03. The van der Waals surface area contributed by atoms with E-state index in [9.17, 15) is 4.39 Å². The Morgan fingerprint density at radius 2 is 2.00 bits per heavy atom. The van der Waals surface area contributed by atoms with Crippen LogP contribution in [-0.4, -0.2) is 13.1 Å². The van der Waals surface area contributed by atoms with Gasteiger partial charge in [-0.2, -0.15) is 11.3 Å². The van der Waals surface area contributed by atoms with E-state index in [-0.39, 0.29) is 5.82 Å². The number of nitrogens with zero attached hydrogens (tertiary/aromatic N) is 1. The number of hydrogen-bond donors (Lipinski definition) is 1. The molecule has 0 aliphatic carbocycles. The van der Waals surface area contributed by atoms with Crippen LogP contribution in [0, 0.1) is 5.82 Å². The smallest absolute Gasteiger partial charge is 0.129 e. The second-order valence-electron chi connectivity index (χ2n) is 5.17. The number of nitrogens with one attached hydrogen (secondary N) is 1. The molecule has 4 heteroatoms. The lowest BCUT2D eigenvalue weighted by Crippen LogP contribution is -2.22. The highest BCUT2D eigenvalue weighted by molar-refractivity contribution is 7.07. The van der Waals surface area contributed by atoms with Crippen molar-refractivity contribution in [3.63, 3.8) is 0 Å². The monoisotopic (exact) mass is 290 g/mol. The number of thiophene rings is 1. The van der Waals surface area contributed by atoms with E-state index in [0.29, 0.717) is 6.54 Å². The minimum absolute atomic E-state index is 0.104. The molecule has 1 aliphatic heterocycles. The summed E-state index contributed by atoms with van der Waals surface area (Å²) < 4.78 is 14.1. The zero-order valence-corrected chi connectivity index (χ0v) is 12.3. The van der Waals surface area contributed by atoms with Gasteiger partial charge < -0.3 is 10.2 Å². The first-order valence-electron chi connectivity index (χ1n) is 7.09.